The second-order valence-corrected chi connectivity index (χ2v) is 8.01. The van der Waals surface area contributed by atoms with Gasteiger partial charge in [-0.25, -0.2) is 9.97 Å². The highest BCUT2D eigenvalue weighted by molar-refractivity contribution is 6.04. The van der Waals surface area contributed by atoms with Gasteiger partial charge in [0.25, 0.3) is 0 Å². The zero-order valence-corrected chi connectivity index (χ0v) is 18.6. The third-order valence-corrected chi connectivity index (χ3v) is 5.42. The molecule has 0 amide bonds. The Labute approximate surface area is 190 Å². The minimum absolute atomic E-state index is 0.0629. The summed E-state index contributed by atoms with van der Waals surface area (Å²) >= 11 is 0. The smallest absolute Gasteiger partial charge is 0.184 e. The summed E-state index contributed by atoms with van der Waals surface area (Å²) in [5, 5.41) is 15.3. The molecular formula is C23H24N8O2. The number of hydrogen-bond donors (Lipinski definition) is 2. The first-order chi connectivity index (χ1) is 16.0. The van der Waals surface area contributed by atoms with E-state index in [2.05, 4.69) is 30.8 Å². The molecule has 1 aliphatic rings. The first kappa shape index (κ1) is 20.7. The van der Waals surface area contributed by atoms with Crippen molar-refractivity contribution in [2.45, 2.75) is 12.8 Å². The number of rotatable bonds is 8. The van der Waals surface area contributed by atoms with Crippen LogP contribution in [0.5, 0.6) is 5.75 Å². The summed E-state index contributed by atoms with van der Waals surface area (Å²) in [6.45, 7) is 0. The van der Waals surface area contributed by atoms with Crippen LogP contribution in [0.4, 0.5) is 23.0 Å². The van der Waals surface area contributed by atoms with Gasteiger partial charge in [-0.3, -0.25) is 14.2 Å². The van der Waals surface area contributed by atoms with E-state index in [0.717, 1.165) is 18.4 Å². The number of benzene rings is 1. The molecule has 1 aliphatic carbocycles. The number of hydrogen-bond acceptors (Lipinski definition) is 8. The van der Waals surface area contributed by atoms with E-state index in [4.69, 9.17) is 4.74 Å². The highest BCUT2D eigenvalue weighted by Crippen LogP contribution is 2.39. The van der Waals surface area contributed by atoms with Crippen molar-refractivity contribution in [3.8, 4) is 17.1 Å². The van der Waals surface area contributed by atoms with Gasteiger partial charge in [-0.15, -0.1) is 0 Å². The van der Waals surface area contributed by atoms with E-state index < -0.39 is 0 Å². The molecule has 168 valence electrons. The Bertz CT molecular complexity index is 1320. The Hall–Kier alpha value is -4.21. The lowest BCUT2D eigenvalue weighted by Gasteiger charge is -2.17. The summed E-state index contributed by atoms with van der Waals surface area (Å²) in [7, 11) is 5.26. The zero-order valence-electron chi connectivity index (χ0n) is 18.6. The van der Waals surface area contributed by atoms with Crippen LogP contribution in [0.25, 0.3) is 11.4 Å². The number of aromatic nitrogens is 6. The number of nitrogens with one attached hydrogen (secondary N) is 2. The zero-order chi connectivity index (χ0) is 22.9. The highest BCUT2D eigenvalue weighted by Gasteiger charge is 2.32. The van der Waals surface area contributed by atoms with Crippen molar-refractivity contribution in [2.24, 2.45) is 20.0 Å². The number of anilines is 4. The van der Waals surface area contributed by atoms with Crippen molar-refractivity contribution in [3.05, 3.63) is 54.6 Å². The van der Waals surface area contributed by atoms with Crippen molar-refractivity contribution in [1.29, 1.82) is 0 Å². The molecule has 0 unspecified atom stereocenters. The predicted octanol–water partition coefficient (Wildman–Crippen LogP) is 3.70. The average molecular weight is 444 g/mol. The van der Waals surface area contributed by atoms with Crippen LogP contribution in [0.1, 0.15) is 23.2 Å². The van der Waals surface area contributed by atoms with Crippen molar-refractivity contribution < 1.29 is 9.53 Å². The number of pyridine rings is 1. The molecule has 1 aromatic carbocycles. The van der Waals surface area contributed by atoms with Gasteiger partial charge in [0.1, 0.15) is 12.1 Å². The Morgan fingerprint density at radius 1 is 1.03 bits per heavy atom. The molecule has 4 aromatic rings. The standard InChI is InChI=1S/C23H24N8O2/c1-30-10-9-19(28-30)27-20-11-18(16(12-24-20)21(32)14-7-8-14)26-17-6-4-5-15(22(17)33-3)23-25-13-31(2)29-23/h4-6,9-14H,7-8H2,1-3H3,(H2,24,26,27,28). The maximum absolute atomic E-state index is 13.0. The normalized spacial score (nSPS) is 13.1. The second-order valence-electron chi connectivity index (χ2n) is 8.01. The number of nitrogens with zero attached hydrogens (tertiary/aromatic N) is 6. The maximum Gasteiger partial charge on any atom is 0.184 e. The van der Waals surface area contributed by atoms with Gasteiger partial charge in [0.2, 0.25) is 0 Å². The minimum Gasteiger partial charge on any atom is -0.494 e. The third-order valence-electron chi connectivity index (χ3n) is 5.42. The lowest BCUT2D eigenvalue weighted by molar-refractivity contribution is 0.0968. The molecular weight excluding hydrogens is 420 g/mol. The molecule has 0 radical (unpaired) electrons. The van der Waals surface area contributed by atoms with Crippen LogP contribution in [0.15, 0.2) is 49.1 Å². The van der Waals surface area contributed by atoms with Crippen LogP contribution in [-0.4, -0.2) is 42.4 Å². The molecule has 10 nitrogen and oxygen atoms in total. The van der Waals surface area contributed by atoms with Crippen LogP contribution < -0.4 is 15.4 Å². The Kier molecular flexibility index (Phi) is 5.25. The Morgan fingerprint density at radius 2 is 1.88 bits per heavy atom. The molecule has 33 heavy (non-hydrogen) atoms. The van der Waals surface area contributed by atoms with E-state index in [-0.39, 0.29) is 11.7 Å². The minimum atomic E-state index is 0.0629. The van der Waals surface area contributed by atoms with Crippen LogP contribution in [0.2, 0.25) is 0 Å². The van der Waals surface area contributed by atoms with E-state index in [1.54, 1.807) is 29.0 Å². The first-order valence-corrected chi connectivity index (χ1v) is 10.6. The third kappa shape index (κ3) is 4.27. The number of aryl methyl sites for hydroxylation is 2. The number of carbonyl (C=O) groups excluding carboxylic acids is 1. The molecule has 1 fully saturated rings. The number of methoxy groups -OCH3 is 1. The molecule has 5 rings (SSSR count). The van der Waals surface area contributed by atoms with Gasteiger partial charge in [-0.05, 0) is 25.0 Å². The van der Waals surface area contributed by atoms with Gasteiger partial charge in [0.15, 0.2) is 23.2 Å². The Balaban J connectivity index is 1.53. The van der Waals surface area contributed by atoms with Crippen LogP contribution >= 0.6 is 0 Å². The first-order valence-electron chi connectivity index (χ1n) is 10.6. The molecule has 2 N–H and O–H groups in total. The van der Waals surface area contributed by atoms with Crippen molar-refractivity contribution in [3.63, 3.8) is 0 Å². The number of ketones is 1. The molecule has 0 bridgehead atoms. The van der Waals surface area contributed by atoms with E-state index in [1.807, 2.05) is 50.6 Å². The van der Waals surface area contributed by atoms with Crippen molar-refractivity contribution >= 4 is 28.8 Å². The molecule has 1 saturated carbocycles. The molecule has 0 aliphatic heterocycles. The van der Waals surface area contributed by atoms with Crippen LogP contribution in [0.3, 0.4) is 0 Å². The van der Waals surface area contributed by atoms with Gasteiger partial charge in [0, 0.05) is 44.5 Å². The lowest BCUT2D eigenvalue weighted by Crippen LogP contribution is -2.08. The summed E-state index contributed by atoms with van der Waals surface area (Å²) < 4.78 is 9.06. The molecule has 10 heteroatoms. The molecule has 3 heterocycles. The quantitative estimate of drug-likeness (QED) is 0.396. The van der Waals surface area contributed by atoms with E-state index in [9.17, 15) is 4.79 Å². The fourth-order valence-electron chi connectivity index (χ4n) is 3.64. The predicted molar refractivity (Wildman–Crippen MR) is 124 cm³/mol. The van der Waals surface area contributed by atoms with Gasteiger partial charge >= 0.3 is 0 Å². The number of carbonyl (C=O) groups is 1. The lowest BCUT2D eigenvalue weighted by atomic mass is 10.1. The maximum atomic E-state index is 13.0. The molecule has 3 aromatic heterocycles. The molecule has 0 atom stereocenters. The van der Waals surface area contributed by atoms with Gasteiger partial charge in [0.05, 0.1) is 29.6 Å². The summed E-state index contributed by atoms with van der Waals surface area (Å²) in [4.78, 5) is 21.8. The number of Topliss-reactive ketones (excluding diaryl/α,β-unsaturated/α-hetero) is 1. The number of para-hydroxylation sites is 1. The highest BCUT2D eigenvalue weighted by atomic mass is 16.5. The molecule has 0 spiro atoms. The van der Waals surface area contributed by atoms with Crippen molar-refractivity contribution in [1.82, 2.24) is 29.5 Å². The van der Waals surface area contributed by atoms with Gasteiger partial charge in [-0.1, -0.05) is 6.07 Å². The second kappa shape index (κ2) is 8.38. The summed E-state index contributed by atoms with van der Waals surface area (Å²) in [6.07, 6.45) is 6.92. The largest absolute Gasteiger partial charge is 0.494 e. The summed E-state index contributed by atoms with van der Waals surface area (Å²) in [5.41, 5.74) is 2.64. The van der Waals surface area contributed by atoms with E-state index in [1.165, 1.54) is 0 Å². The SMILES string of the molecule is COc1c(Nc2cc(Nc3ccn(C)n3)ncc2C(=O)C2CC2)cccc1-c1ncn(C)n1. The fourth-order valence-corrected chi connectivity index (χ4v) is 3.64. The monoisotopic (exact) mass is 444 g/mol. The van der Waals surface area contributed by atoms with Gasteiger partial charge in [-0.2, -0.15) is 10.2 Å². The van der Waals surface area contributed by atoms with Crippen molar-refractivity contribution in [2.75, 3.05) is 17.7 Å². The van der Waals surface area contributed by atoms with Crippen LogP contribution in [0, 0.1) is 5.92 Å². The van der Waals surface area contributed by atoms with E-state index in [0.29, 0.717) is 40.1 Å². The summed E-state index contributed by atoms with van der Waals surface area (Å²) in [5.74, 6) is 2.54. The number of ether oxygens (including phenoxy) is 1. The Morgan fingerprint density at radius 3 is 2.55 bits per heavy atom. The summed E-state index contributed by atoms with van der Waals surface area (Å²) in [6, 6.07) is 9.35. The fraction of sp³-hybridized carbons (Fsp3) is 0.261. The molecule has 0 saturated heterocycles. The van der Waals surface area contributed by atoms with Gasteiger partial charge < -0.3 is 15.4 Å². The average Bonchev–Trinajstić information content (AvgIpc) is 3.45. The van der Waals surface area contributed by atoms with E-state index >= 15 is 0 Å². The van der Waals surface area contributed by atoms with Crippen LogP contribution in [-0.2, 0) is 14.1 Å². The topological polar surface area (TPSA) is 112 Å².